The number of fused-ring (bicyclic) bond motifs is 2. The number of ether oxygens (including phenoxy) is 5. The number of aromatic nitrogens is 1. The number of benzene rings is 2. The zero-order valence-electron chi connectivity index (χ0n) is 17.2. The van der Waals surface area contributed by atoms with Gasteiger partial charge in [-0.1, -0.05) is 0 Å². The molecule has 8 heteroatoms. The summed E-state index contributed by atoms with van der Waals surface area (Å²) in [7, 11) is 3.13. The van der Waals surface area contributed by atoms with Gasteiger partial charge in [0.15, 0.2) is 23.0 Å². The van der Waals surface area contributed by atoms with Crippen molar-refractivity contribution in [2.75, 3.05) is 27.6 Å². The van der Waals surface area contributed by atoms with Crippen molar-refractivity contribution in [2.24, 2.45) is 0 Å². The summed E-state index contributed by atoms with van der Waals surface area (Å²) in [4.78, 5) is 17.4. The van der Waals surface area contributed by atoms with Gasteiger partial charge in [-0.25, -0.2) is 4.79 Å². The van der Waals surface area contributed by atoms with E-state index in [0.717, 1.165) is 20.0 Å². The second-order valence-electron chi connectivity index (χ2n) is 6.59. The van der Waals surface area contributed by atoms with Crippen LogP contribution in [0.5, 0.6) is 23.0 Å². The van der Waals surface area contributed by atoms with Crippen LogP contribution >= 0.6 is 22.6 Å². The Hall–Kier alpha value is -3.01. The van der Waals surface area contributed by atoms with Gasteiger partial charge in [-0.15, -0.1) is 0 Å². The van der Waals surface area contributed by atoms with Crippen molar-refractivity contribution in [3.8, 4) is 23.0 Å². The first-order valence-corrected chi connectivity index (χ1v) is 10.6. The fourth-order valence-electron chi connectivity index (χ4n) is 3.35. The van der Waals surface area contributed by atoms with E-state index >= 15 is 0 Å². The molecular weight excluding hydrogens is 513 g/mol. The van der Waals surface area contributed by atoms with Crippen LogP contribution in [0.2, 0.25) is 0 Å². The monoisotopic (exact) mass is 533 g/mol. The van der Waals surface area contributed by atoms with E-state index in [2.05, 4.69) is 27.6 Å². The summed E-state index contributed by atoms with van der Waals surface area (Å²) in [6, 6.07) is 9.15. The second-order valence-corrected chi connectivity index (χ2v) is 7.75. The molecule has 0 radical (unpaired) electrons. The Labute approximate surface area is 193 Å². The molecular formula is C23H20INO6. The van der Waals surface area contributed by atoms with Gasteiger partial charge in [0.25, 0.3) is 0 Å². The smallest absolute Gasteiger partial charge is 0.338 e. The Kier molecular flexibility index (Phi) is 6.17. The van der Waals surface area contributed by atoms with E-state index < -0.39 is 5.97 Å². The van der Waals surface area contributed by atoms with Crippen molar-refractivity contribution in [2.45, 2.75) is 6.92 Å². The van der Waals surface area contributed by atoms with E-state index in [1.165, 1.54) is 0 Å². The number of hydrogen-bond donors (Lipinski definition) is 0. The number of pyridine rings is 1. The topological polar surface area (TPSA) is 76.1 Å². The lowest BCUT2D eigenvalue weighted by Crippen LogP contribution is -2.08. The van der Waals surface area contributed by atoms with E-state index in [-0.39, 0.29) is 13.4 Å². The summed E-state index contributed by atoms with van der Waals surface area (Å²) >= 11 is 2.17. The fourth-order valence-corrected chi connectivity index (χ4v) is 4.08. The third-order valence-electron chi connectivity index (χ3n) is 4.83. The van der Waals surface area contributed by atoms with Crippen LogP contribution in [-0.4, -0.2) is 38.6 Å². The maximum absolute atomic E-state index is 13.0. The zero-order valence-corrected chi connectivity index (χ0v) is 19.4. The molecule has 1 aromatic heterocycles. The first-order chi connectivity index (χ1) is 15.0. The summed E-state index contributed by atoms with van der Waals surface area (Å²) in [5.41, 5.74) is 2.62. The van der Waals surface area contributed by atoms with Crippen LogP contribution < -0.4 is 18.9 Å². The third kappa shape index (κ3) is 4.12. The number of rotatable bonds is 6. The van der Waals surface area contributed by atoms with Crippen molar-refractivity contribution in [3.05, 3.63) is 51.2 Å². The lowest BCUT2D eigenvalue weighted by atomic mass is 10.00. The van der Waals surface area contributed by atoms with Crippen molar-refractivity contribution in [3.63, 3.8) is 0 Å². The summed E-state index contributed by atoms with van der Waals surface area (Å²) in [5.74, 6) is 1.98. The van der Waals surface area contributed by atoms with Gasteiger partial charge in [-0.2, -0.15) is 0 Å². The van der Waals surface area contributed by atoms with Crippen LogP contribution in [0.15, 0.2) is 36.5 Å². The SMILES string of the molecule is CCOC(=O)/C(=C/c1ccnc2cc3c(cc12)OCO3)c1cc(OC)c(OC)cc1I. The summed E-state index contributed by atoms with van der Waals surface area (Å²) in [6.45, 7) is 2.21. The minimum atomic E-state index is -0.432. The van der Waals surface area contributed by atoms with E-state index in [0.29, 0.717) is 34.1 Å². The Bertz CT molecular complexity index is 1190. The van der Waals surface area contributed by atoms with Gasteiger partial charge in [-0.3, -0.25) is 4.98 Å². The van der Waals surface area contributed by atoms with Gasteiger partial charge in [0.05, 0.1) is 31.9 Å². The molecule has 2 aromatic carbocycles. The number of methoxy groups -OCH3 is 2. The number of carbonyl (C=O) groups excluding carboxylic acids is 1. The summed E-state index contributed by atoms with van der Waals surface area (Å²) in [5, 5.41) is 0.837. The van der Waals surface area contributed by atoms with Gasteiger partial charge >= 0.3 is 5.97 Å². The molecule has 0 spiro atoms. The molecule has 0 saturated heterocycles. The lowest BCUT2D eigenvalue weighted by Gasteiger charge is -2.14. The molecule has 0 fully saturated rings. The second kappa shape index (κ2) is 9.01. The maximum atomic E-state index is 13.0. The highest BCUT2D eigenvalue weighted by molar-refractivity contribution is 14.1. The van der Waals surface area contributed by atoms with Crippen molar-refractivity contribution in [1.29, 1.82) is 0 Å². The molecule has 0 atom stereocenters. The first kappa shape index (κ1) is 21.2. The normalized spacial score (nSPS) is 12.7. The highest BCUT2D eigenvalue weighted by Gasteiger charge is 2.21. The molecule has 0 aliphatic carbocycles. The Morgan fingerprint density at radius 3 is 2.55 bits per heavy atom. The minimum Gasteiger partial charge on any atom is -0.493 e. The van der Waals surface area contributed by atoms with E-state index in [9.17, 15) is 4.79 Å². The van der Waals surface area contributed by atoms with Gasteiger partial charge < -0.3 is 23.7 Å². The molecule has 7 nitrogen and oxygen atoms in total. The number of hydrogen-bond acceptors (Lipinski definition) is 7. The maximum Gasteiger partial charge on any atom is 0.338 e. The average Bonchev–Trinajstić information content (AvgIpc) is 3.23. The van der Waals surface area contributed by atoms with Gasteiger partial charge in [0, 0.05) is 26.8 Å². The van der Waals surface area contributed by atoms with Crippen molar-refractivity contribution in [1.82, 2.24) is 4.98 Å². The predicted octanol–water partition coefficient (Wildman–Crippen LogP) is 4.69. The molecule has 0 bridgehead atoms. The van der Waals surface area contributed by atoms with Crippen LogP contribution in [0.1, 0.15) is 18.1 Å². The van der Waals surface area contributed by atoms with Gasteiger partial charge in [-0.05, 0) is 65.4 Å². The molecule has 0 N–H and O–H groups in total. The molecule has 4 rings (SSSR count). The molecule has 0 saturated carbocycles. The highest BCUT2D eigenvalue weighted by atomic mass is 127. The Morgan fingerprint density at radius 2 is 1.84 bits per heavy atom. The third-order valence-corrected chi connectivity index (χ3v) is 5.72. The predicted molar refractivity (Wildman–Crippen MR) is 125 cm³/mol. The molecule has 31 heavy (non-hydrogen) atoms. The molecule has 160 valence electrons. The van der Waals surface area contributed by atoms with Crippen molar-refractivity contribution < 1.29 is 28.5 Å². The number of carbonyl (C=O) groups is 1. The molecule has 0 amide bonds. The number of nitrogens with zero attached hydrogens (tertiary/aromatic N) is 1. The summed E-state index contributed by atoms with van der Waals surface area (Å²) in [6.07, 6.45) is 3.49. The van der Waals surface area contributed by atoms with Crippen LogP contribution in [0.4, 0.5) is 0 Å². The standard InChI is InChI=1S/C23H20INO6/c1-4-29-23(26)16(15-9-19(27-2)20(28-3)10-17(15)24)7-13-5-6-25-18-11-22-21(8-14(13)18)30-12-31-22/h5-11H,4,12H2,1-3H3/b16-7+. The van der Waals surface area contributed by atoms with Crippen LogP contribution in [0.25, 0.3) is 22.6 Å². The van der Waals surface area contributed by atoms with Gasteiger partial charge in [0.1, 0.15) is 0 Å². The van der Waals surface area contributed by atoms with E-state index in [1.807, 2.05) is 24.3 Å². The Balaban J connectivity index is 1.91. The number of halogens is 1. The minimum absolute atomic E-state index is 0.175. The van der Waals surface area contributed by atoms with Crippen molar-refractivity contribution >= 4 is 51.1 Å². The van der Waals surface area contributed by atoms with E-state index in [4.69, 9.17) is 23.7 Å². The molecule has 0 unspecified atom stereocenters. The highest BCUT2D eigenvalue weighted by Crippen LogP contribution is 2.39. The van der Waals surface area contributed by atoms with Crippen LogP contribution in [0.3, 0.4) is 0 Å². The summed E-state index contributed by atoms with van der Waals surface area (Å²) < 4.78 is 28.0. The van der Waals surface area contributed by atoms with Crippen LogP contribution in [0, 0.1) is 3.57 Å². The number of esters is 1. The first-order valence-electron chi connectivity index (χ1n) is 9.54. The van der Waals surface area contributed by atoms with Gasteiger partial charge in [0.2, 0.25) is 6.79 Å². The molecule has 1 aliphatic rings. The van der Waals surface area contributed by atoms with E-state index in [1.54, 1.807) is 39.5 Å². The largest absolute Gasteiger partial charge is 0.493 e. The quantitative estimate of drug-likeness (QED) is 0.259. The molecule has 2 heterocycles. The zero-order chi connectivity index (χ0) is 22.0. The molecule has 1 aliphatic heterocycles. The Morgan fingerprint density at radius 1 is 1.13 bits per heavy atom. The molecule has 3 aromatic rings. The lowest BCUT2D eigenvalue weighted by molar-refractivity contribution is -0.136. The fraction of sp³-hybridized carbons (Fsp3) is 0.217. The average molecular weight is 533 g/mol. The van der Waals surface area contributed by atoms with Crippen LogP contribution in [-0.2, 0) is 9.53 Å².